The number of hydrogen-bond donors (Lipinski definition) is 3. The van der Waals surface area contributed by atoms with Crippen LogP contribution in [0.25, 0.3) is 0 Å². The second-order valence-corrected chi connectivity index (χ2v) is 5.61. The van der Waals surface area contributed by atoms with Gasteiger partial charge >= 0.3 is 0 Å². The molecule has 1 heterocycles. The molecule has 1 fully saturated rings. The smallest absolute Gasteiger partial charge is 0.271 e. The summed E-state index contributed by atoms with van der Waals surface area (Å²) in [4.78, 5) is 16.1. The molecule has 0 radical (unpaired) electrons. The lowest BCUT2D eigenvalue weighted by Gasteiger charge is -2.26. The van der Waals surface area contributed by atoms with Crippen molar-refractivity contribution in [3.8, 4) is 0 Å². The number of carbonyl (C=O) groups excluding carboxylic acids is 1. The van der Waals surface area contributed by atoms with Crippen molar-refractivity contribution in [1.82, 2.24) is 14.9 Å². The minimum Gasteiger partial charge on any atom is -0.388 e. The number of carbonyl (C=O) groups is 1. The van der Waals surface area contributed by atoms with Crippen LogP contribution in [-0.4, -0.2) is 39.3 Å². The topological polar surface area (TPSA) is 93.2 Å². The molecule has 4 N–H and O–H groups in total. The van der Waals surface area contributed by atoms with Crippen molar-refractivity contribution in [3.05, 3.63) is 18.2 Å². The Morgan fingerprint density at radius 2 is 2.10 bits per heavy atom. The van der Waals surface area contributed by atoms with Crippen molar-refractivity contribution in [2.75, 3.05) is 13.1 Å². The number of rotatable bonds is 5. The quantitative estimate of drug-likeness (QED) is 0.691. The van der Waals surface area contributed by atoms with Crippen LogP contribution in [0.15, 0.2) is 12.5 Å². The van der Waals surface area contributed by atoms with E-state index in [0.717, 1.165) is 25.7 Å². The Kier molecular flexibility index (Phi) is 5.14. The Labute approximate surface area is 119 Å². The monoisotopic (exact) mass is 280 g/mol. The van der Waals surface area contributed by atoms with Crippen LogP contribution in [0, 0.1) is 0 Å². The van der Waals surface area contributed by atoms with Crippen LogP contribution in [0.1, 0.15) is 49.0 Å². The van der Waals surface area contributed by atoms with Crippen molar-refractivity contribution in [3.63, 3.8) is 0 Å². The van der Waals surface area contributed by atoms with Gasteiger partial charge in [0.25, 0.3) is 5.91 Å². The molecule has 1 aromatic heterocycles. The van der Waals surface area contributed by atoms with Crippen LogP contribution in [0.4, 0.5) is 0 Å². The maximum atomic E-state index is 12.0. The third-order valence-corrected chi connectivity index (χ3v) is 3.87. The van der Waals surface area contributed by atoms with E-state index in [1.165, 1.54) is 12.8 Å². The highest BCUT2D eigenvalue weighted by Crippen LogP contribution is 2.26. The van der Waals surface area contributed by atoms with Crippen LogP contribution < -0.4 is 11.1 Å². The van der Waals surface area contributed by atoms with E-state index in [1.807, 2.05) is 0 Å². The molecule has 0 aromatic carbocycles. The van der Waals surface area contributed by atoms with Crippen molar-refractivity contribution < 1.29 is 9.90 Å². The summed E-state index contributed by atoms with van der Waals surface area (Å²) in [5, 5.41) is 13.3. The summed E-state index contributed by atoms with van der Waals surface area (Å²) in [5.74, 6) is -0.238. The largest absolute Gasteiger partial charge is 0.388 e. The van der Waals surface area contributed by atoms with Gasteiger partial charge in [0.1, 0.15) is 5.69 Å². The first-order valence-corrected chi connectivity index (χ1v) is 7.35. The summed E-state index contributed by atoms with van der Waals surface area (Å²) in [6, 6.07) is 0. The van der Waals surface area contributed by atoms with Crippen molar-refractivity contribution in [2.45, 2.75) is 50.7 Å². The van der Waals surface area contributed by atoms with Gasteiger partial charge in [-0.25, -0.2) is 4.98 Å². The van der Waals surface area contributed by atoms with Crippen LogP contribution in [0.3, 0.4) is 0 Å². The molecule has 0 unspecified atom stereocenters. The Balaban J connectivity index is 1.87. The molecule has 1 aliphatic rings. The van der Waals surface area contributed by atoms with Gasteiger partial charge in [-0.15, -0.1) is 0 Å². The maximum Gasteiger partial charge on any atom is 0.271 e. The van der Waals surface area contributed by atoms with Gasteiger partial charge in [-0.2, -0.15) is 0 Å². The van der Waals surface area contributed by atoms with Gasteiger partial charge in [0.2, 0.25) is 0 Å². The molecular weight excluding hydrogens is 256 g/mol. The van der Waals surface area contributed by atoms with Gasteiger partial charge in [0.15, 0.2) is 0 Å². The van der Waals surface area contributed by atoms with Gasteiger partial charge in [-0.1, -0.05) is 25.7 Å². The van der Waals surface area contributed by atoms with E-state index in [0.29, 0.717) is 25.3 Å². The van der Waals surface area contributed by atoms with Gasteiger partial charge in [-0.3, -0.25) is 4.79 Å². The summed E-state index contributed by atoms with van der Waals surface area (Å²) in [5.41, 5.74) is 5.07. The minimum absolute atomic E-state index is 0.238. The molecule has 1 aromatic rings. The number of nitrogens with zero attached hydrogens (tertiary/aromatic N) is 2. The first kappa shape index (κ1) is 15.0. The Morgan fingerprint density at radius 3 is 2.75 bits per heavy atom. The number of imidazole rings is 1. The van der Waals surface area contributed by atoms with E-state index < -0.39 is 5.60 Å². The molecule has 0 saturated heterocycles. The number of nitrogens with one attached hydrogen (secondary N) is 1. The molecule has 112 valence electrons. The van der Waals surface area contributed by atoms with Gasteiger partial charge < -0.3 is 20.7 Å². The molecule has 1 aliphatic carbocycles. The lowest BCUT2D eigenvalue weighted by Crippen LogP contribution is -2.42. The van der Waals surface area contributed by atoms with E-state index in [-0.39, 0.29) is 5.91 Å². The van der Waals surface area contributed by atoms with Crippen molar-refractivity contribution in [1.29, 1.82) is 0 Å². The number of hydrogen-bond acceptors (Lipinski definition) is 4. The number of aromatic nitrogens is 2. The third-order valence-electron chi connectivity index (χ3n) is 3.87. The van der Waals surface area contributed by atoms with E-state index in [9.17, 15) is 9.90 Å². The number of aliphatic hydroxyl groups is 1. The number of nitrogens with two attached hydrogens (primary N) is 1. The molecule has 1 amide bonds. The Hall–Kier alpha value is -1.40. The van der Waals surface area contributed by atoms with Crippen LogP contribution >= 0.6 is 0 Å². The summed E-state index contributed by atoms with van der Waals surface area (Å²) in [7, 11) is 0. The molecule has 0 aliphatic heterocycles. The van der Waals surface area contributed by atoms with Gasteiger partial charge in [-0.05, 0) is 12.8 Å². The highest BCUT2D eigenvalue weighted by molar-refractivity contribution is 5.92. The molecule has 20 heavy (non-hydrogen) atoms. The highest BCUT2D eigenvalue weighted by Gasteiger charge is 2.28. The Bertz CT molecular complexity index is 436. The summed E-state index contributed by atoms with van der Waals surface area (Å²) >= 11 is 0. The zero-order valence-corrected chi connectivity index (χ0v) is 11.8. The average molecular weight is 280 g/mol. The molecule has 0 spiro atoms. The number of amides is 1. The van der Waals surface area contributed by atoms with Gasteiger partial charge in [0.05, 0.1) is 11.9 Å². The predicted octanol–water partition coefficient (Wildman–Crippen LogP) is 0.657. The molecule has 0 bridgehead atoms. The second-order valence-electron chi connectivity index (χ2n) is 5.61. The molecule has 2 rings (SSSR count). The van der Waals surface area contributed by atoms with E-state index >= 15 is 0 Å². The molecule has 1 saturated carbocycles. The van der Waals surface area contributed by atoms with Crippen LogP contribution in [0.5, 0.6) is 0 Å². The fourth-order valence-corrected chi connectivity index (χ4v) is 2.65. The zero-order chi connectivity index (χ0) is 14.4. The minimum atomic E-state index is -0.758. The lowest BCUT2D eigenvalue weighted by molar-refractivity contribution is 0.0246. The standard InChI is InChI=1S/C14H24N4O2/c15-7-8-18-9-12(17-11-18)13(19)16-10-14(20)5-3-1-2-4-6-14/h9,11,20H,1-8,10,15H2,(H,16,19). The molecule has 6 heteroatoms. The van der Waals surface area contributed by atoms with Crippen molar-refractivity contribution >= 4 is 5.91 Å². The third kappa shape index (κ3) is 4.05. The fraction of sp³-hybridized carbons (Fsp3) is 0.714. The summed E-state index contributed by atoms with van der Waals surface area (Å²) in [6.45, 7) is 1.46. The summed E-state index contributed by atoms with van der Waals surface area (Å²) in [6.07, 6.45) is 9.18. The predicted molar refractivity (Wildman–Crippen MR) is 76.3 cm³/mol. The molecule has 0 atom stereocenters. The maximum absolute atomic E-state index is 12.0. The normalized spacial score (nSPS) is 18.5. The van der Waals surface area contributed by atoms with E-state index in [1.54, 1.807) is 17.1 Å². The van der Waals surface area contributed by atoms with Gasteiger partial charge in [0, 0.05) is 25.8 Å². The molecule has 6 nitrogen and oxygen atoms in total. The lowest BCUT2D eigenvalue weighted by atomic mass is 9.94. The summed E-state index contributed by atoms with van der Waals surface area (Å²) < 4.78 is 1.79. The SMILES string of the molecule is NCCn1cnc(C(=O)NCC2(O)CCCCCC2)c1. The van der Waals surface area contributed by atoms with Crippen LogP contribution in [-0.2, 0) is 6.54 Å². The first-order chi connectivity index (χ1) is 9.63. The van der Waals surface area contributed by atoms with E-state index in [2.05, 4.69) is 10.3 Å². The van der Waals surface area contributed by atoms with Crippen LogP contribution in [0.2, 0.25) is 0 Å². The first-order valence-electron chi connectivity index (χ1n) is 7.35. The second kappa shape index (κ2) is 6.85. The zero-order valence-electron chi connectivity index (χ0n) is 11.8. The Morgan fingerprint density at radius 1 is 1.40 bits per heavy atom. The van der Waals surface area contributed by atoms with E-state index in [4.69, 9.17) is 5.73 Å². The molecular formula is C14H24N4O2. The average Bonchev–Trinajstić information content (AvgIpc) is 2.79. The fourth-order valence-electron chi connectivity index (χ4n) is 2.65. The van der Waals surface area contributed by atoms with Crippen molar-refractivity contribution in [2.24, 2.45) is 5.73 Å². The highest BCUT2D eigenvalue weighted by atomic mass is 16.3.